The fraction of sp³-hybridized carbons (Fsp3) is 0.231. The minimum atomic E-state index is -0.399. The number of anilines is 3. The molecule has 0 amide bonds. The lowest BCUT2D eigenvalue weighted by Gasteiger charge is -2.12. The van der Waals surface area contributed by atoms with Crippen molar-refractivity contribution in [2.75, 3.05) is 11.1 Å². The van der Waals surface area contributed by atoms with Crippen LogP contribution in [-0.2, 0) is 6.42 Å². The molecular weight excluding hydrogens is 267 g/mol. The number of aromatic nitrogens is 2. The molecule has 0 saturated heterocycles. The summed E-state index contributed by atoms with van der Waals surface area (Å²) in [5.74, 6) is 0.515. The van der Waals surface area contributed by atoms with Crippen molar-refractivity contribution in [1.82, 2.24) is 9.97 Å². The van der Waals surface area contributed by atoms with E-state index in [2.05, 4.69) is 15.3 Å². The first-order valence-corrected chi connectivity index (χ1v) is 6.31. The van der Waals surface area contributed by atoms with Gasteiger partial charge in [0.1, 0.15) is 23.8 Å². The van der Waals surface area contributed by atoms with Gasteiger partial charge >= 0.3 is 0 Å². The third-order valence-electron chi connectivity index (χ3n) is 2.66. The molecule has 0 aliphatic rings. The number of nitrogens with one attached hydrogen (secondary N) is 1. The van der Waals surface area contributed by atoms with Gasteiger partial charge in [0, 0.05) is 10.6 Å². The summed E-state index contributed by atoms with van der Waals surface area (Å²) in [4.78, 5) is 8.06. The van der Waals surface area contributed by atoms with Crippen molar-refractivity contribution in [3.8, 4) is 0 Å². The van der Waals surface area contributed by atoms with E-state index >= 15 is 0 Å². The van der Waals surface area contributed by atoms with Crippen LogP contribution in [0.25, 0.3) is 0 Å². The van der Waals surface area contributed by atoms with E-state index in [0.29, 0.717) is 16.7 Å². The molecule has 0 aliphatic heterocycles. The fourth-order valence-electron chi connectivity index (χ4n) is 1.75. The highest BCUT2D eigenvalue weighted by atomic mass is 35.5. The molecule has 0 unspecified atom stereocenters. The van der Waals surface area contributed by atoms with Crippen LogP contribution < -0.4 is 11.1 Å². The van der Waals surface area contributed by atoms with Gasteiger partial charge in [-0.2, -0.15) is 0 Å². The molecule has 0 spiro atoms. The number of halogens is 2. The second kappa shape index (κ2) is 5.84. The fourth-order valence-corrected chi connectivity index (χ4v) is 1.92. The van der Waals surface area contributed by atoms with E-state index in [1.54, 1.807) is 0 Å². The third kappa shape index (κ3) is 3.12. The largest absolute Gasteiger partial charge is 0.383 e. The Balaban J connectivity index is 2.37. The monoisotopic (exact) mass is 280 g/mol. The summed E-state index contributed by atoms with van der Waals surface area (Å²) < 4.78 is 13.7. The molecule has 0 aliphatic carbocycles. The van der Waals surface area contributed by atoms with Gasteiger partial charge in [0.25, 0.3) is 0 Å². The number of nitrogen functional groups attached to an aromatic ring is 1. The van der Waals surface area contributed by atoms with Gasteiger partial charge in [-0.3, -0.25) is 0 Å². The molecule has 1 aromatic heterocycles. The average Bonchev–Trinajstić information content (AvgIpc) is 2.38. The van der Waals surface area contributed by atoms with Crippen molar-refractivity contribution < 1.29 is 4.39 Å². The molecule has 0 fully saturated rings. The summed E-state index contributed by atoms with van der Waals surface area (Å²) in [6.07, 6.45) is 2.96. The highest BCUT2D eigenvalue weighted by Gasteiger charge is 2.11. The first kappa shape index (κ1) is 13.5. The maximum absolute atomic E-state index is 13.7. The van der Waals surface area contributed by atoms with Crippen LogP contribution in [0.15, 0.2) is 24.5 Å². The van der Waals surface area contributed by atoms with E-state index in [1.165, 1.54) is 24.5 Å². The normalized spacial score (nSPS) is 10.5. The Morgan fingerprint density at radius 2 is 2.16 bits per heavy atom. The molecule has 2 rings (SSSR count). The van der Waals surface area contributed by atoms with Crippen molar-refractivity contribution in [2.45, 2.75) is 19.8 Å². The van der Waals surface area contributed by atoms with Gasteiger partial charge in [-0.1, -0.05) is 24.9 Å². The van der Waals surface area contributed by atoms with Gasteiger partial charge in [0.15, 0.2) is 0 Å². The summed E-state index contributed by atoms with van der Waals surface area (Å²) in [5, 5.41) is 3.36. The van der Waals surface area contributed by atoms with Crippen LogP contribution in [0.4, 0.5) is 21.7 Å². The summed E-state index contributed by atoms with van der Waals surface area (Å²) in [6.45, 7) is 2.02. The summed E-state index contributed by atoms with van der Waals surface area (Å²) in [6, 6.07) is 4.29. The van der Waals surface area contributed by atoms with Gasteiger partial charge in [0.2, 0.25) is 0 Å². The summed E-state index contributed by atoms with van der Waals surface area (Å²) in [5.41, 5.74) is 6.87. The lowest BCUT2D eigenvalue weighted by molar-refractivity contribution is 0.631. The topological polar surface area (TPSA) is 63.8 Å². The van der Waals surface area contributed by atoms with E-state index in [4.69, 9.17) is 17.3 Å². The van der Waals surface area contributed by atoms with E-state index in [9.17, 15) is 4.39 Å². The first-order valence-electron chi connectivity index (χ1n) is 5.93. The van der Waals surface area contributed by atoms with E-state index < -0.39 is 5.82 Å². The summed E-state index contributed by atoms with van der Waals surface area (Å²) in [7, 11) is 0. The van der Waals surface area contributed by atoms with Gasteiger partial charge in [-0.05, 0) is 24.6 Å². The number of nitrogens with two attached hydrogens (primary N) is 1. The Labute approximate surface area is 115 Å². The minimum absolute atomic E-state index is 0.267. The van der Waals surface area contributed by atoms with Crippen molar-refractivity contribution in [2.24, 2.45) is 0 Å². The molecule has 0 radical (unpaired) electrons. The highest BCUT2D eigenvalue weighted by molar-refractivity contribution is 6.30. The molecule has 1 heterocycles. The average molecular weight is 281 g/mol. The summed E-state index contributed by atoms with van der Waals surface area (Å²) >= 11 is 5.85. The van der Waals surface area contributed by atoms with E-state index in [0.717, 1.165) is 18.4 Å². The Hall–Kier alpha value is -1.88. The predicted molar refractivity (Wildman–Crippen MR) is 75.1 cm³/mol. The van der Waals surface area contributed by atoms with Crippen molar-refractivity contribution in [1.29, 1.82) is 0 Å². The Morgan fingerprint density at radius 3 is 2.89 bits per heavy atom. The molecule has 0 atom stereocenters. The number of nitrogens with zero attached hydrogens (tertiary/aromatic N) is 2. The third-order valence-corrected chi connectivity index (χ3v) is 2.90. The van der Waals surface area contributed by atoms with E-state index in [1.807, 2.05) is 6.92 Å². The highest BCUT2D eigenvalue weighted by Crippen LogP contribution is 2.26. The zero-order valence-electron chi connectivity index (χ0n) is 10.5. The SMILES string of the molecule is CCCc1c(N)ncnc1Nc1cc(Cl)ccc1F. The lowest BCUT2D eigenvalue weighted by atomic mass is 10.1. The molecule has 100 valence electrons. The van der Waals surface area contributed by atoms with Crippen LogP contribution in [0, 0.1) is 5.82 Å². The van der Waals surface area contributed by atoms with Crippen molar-refractivity contribution in [3.05, 3.63) is 40.9 Å². The number of hydrogen-bond acceptors (Lipinski definition) is 4. The molecule has 3 N–H and O–H groups in total. The Bertz CT molecular complexity index is 589. The number of rotatable bonds is 4. The molecule has 19 heavy (non-hydrogen) atoms. The van der Waals surface area contributed by atoms with Crippen molar-refractivity contribution >= 4 is 28.9 Å². The molecular formula is C13H14ClFN4. The zero-order chi connectivity index (χ0) is 13.8. The van der Waals surface area contributed by atoms with Crippen LogP contribution in [0.3, 0.4) is 0 Å². The first-order chi connectivity index (χ1) is 9.11. The molecule has 6 heteroatoms. The second-order valence-electron chi connectivity index (χ2n) is 4.09. The van der Waals surface area contributed by atoms with Crippen LogP contribution in [0.2, 0.25) is 5.02 Å². The second-order valence-corrected chi connectivity index (χ2v) is 4.52. The van der Waals surface area contributed by atoms with Gasteiger partial charge in [-0.25, -0.2) is 14.4 Å². The smallest absolute Gasteiger partial charge is 0.146 e. The van der Waals surface area contributed by atoms with Crippen LogP contribution in [0.5, 0.6) is 0 Å². The number of benzene rings is 1. The van der Waals surface area contributed by atoms with Gasteiger partial charge < -0.3 is 11.1 Å². The molecule has 0 saturated carbocycles. The maximum atomic E-state index is 13.7. The Kier molecular flexibility index (Phi) is 4.16. The minimum Gasteiger partial charge on any atom is -0.383 e. The van der Waals surface area contributed by atoms with Crippen LogP contribution in [0.1, 0.15) is 18.9 Å². The molecule has 1 aromatic carbocycles. The number of hydrogen-bond donors (Lipinski definition) is 2. The zero-order valence-corrected chi connectivity index (χ0v) is 11.2. The van der Waals surface area contributed by atoms with Crippen molar-refractivity contribution in [3.63, 3.8) is 0 Å². The van der Waals surface area contributed by atoms with Crippen LogP contribution in [-0.4, -0.2) is 9.97 Å². The predicted octanol–water partition coefficient (Wildman–Crippen LogP) is 3.55. The maximum Gasteiger partial charge on any atom is 0.146 e. The van der Waals surface area contributed by atoms with Gasteiger partial charge in [0.05, 0.1) is 5.69 Å². The Morgan fingerprint density at radius 1 is 1.37 bits per heavy atom. The quantitative estimate of drug-likeness (QED) is 0.899. The molecule has 0 bridgehead atoms. The molecule has 4 nitrogen and oxygen atoms in total. The van der Waals surface area contributed by atoms with E-state index in [-0.39, 0.29) is 5.69 Å². The van der Waals surface area contributed by atoms with Crippen LogP contribution >= 0.6 is 11.6 Å². The molecule has 2 aromatic rings. The standard InChI is InChI=1S/C13H14ClFN4/c1-2-3-9-12(16)17-7-18-13(9)19-11-6-8(14)4-5-10(11)15/h4-7H,2-3H2,1H3,(H3,16,17,18,19). The lowest BCUT2D eigenvalue weighted by Crippen LogP contribution is -2.06. The van der Waals surface area contributed by atoms with Gasteiger partial charge in [-0.15, -0.1) is 0 Å².